The number of nitrogens with one attached hydrogen (secondary N) is 2. The third-order valence-corrected chi connectivity index (χ3v) is 7.10. The molecule has 202 valence electrons. The van der Waals surface area contributed by atoms with Gasteiger partial charge in [-0.1, -0.05) is 63.5 Å². The number of hydrazine groups is 1. The Morgan fingerprint density at radius 3 is 2.56 bits per heavy atom. The van der Waals surface area contributed by atoms with E-state index in [0.717, 1.165) is 15.6 Å². The SMILES string of the molecule is CNNC(=O)[C@@]1(Cc2ccccc2Br)N=C(c2ccc(OCCCO)cc2)O[C@H]1c1ccccc1CN=[N+]=[N-]. The van der Waals surface area contributed by atoms with E-state index in [4.69, 9.17) is 25.1 Å². The van der Waals surface area contributed by atoms with E-state index in [9.17, 15) is 4.79 Å². The van der Waals surface area contributed by atoms with Gasteiger partial charge in [-0.05, 0) is 52.6 Å². The zero-order chi connectivity index (χ0) is 27.7. The zero-order valence-corrected chi connectivity index (χ0v) is 23.0. The Hall–Kier alpha value is -3.89. The van der Waals surface area contributed by atoms with Gasteiger partial charge >= 0.3 is 0 Å². The molecule has 0 bridgehead atoms. The van der Waals surface area contributed by atoms with Crippen molar-refractivity contribution in [3.63, 3.8) is 0 Å². The molecule has 3 aromatic rings. The monoisotopic (exact) mass is 592 g/mol. The minimum Gasteiger partial charge on any atom is -0.494 e. The summed E-state index contributed by atoms with van der Waals surface area (Å²) in [5, 5.41) is 12.8. The molecule has 3 aromatic carbocycles. The topological polar surface area (TPSA) is 141 Å². The van der Waals surface area contributed by atoms with E-state index >= 15 is 0 Å². The predicted octanol–water partition coefficient (Wildman–Crippen LogP) is 4.77. The molecule has 1 aliphatic heterocycles. The second-order valence-corrected chi connectivity index (χ2v) is 9.70. The van der Waals surface area contributed by atoms with E-state index in [1.165, 1.54) is 0 Å². The second kappa shape index (κ2) is 13.3. The molecule has 39 heavy (non-hydrogen) atoms. The number of nitrogens with zero attached hydrogens (tertiary/aromatic N) is 4. The number of hydrogen-bond acceptors (Lipinski definition) is 7. The largest absolute Gasteiger partial charge is 0.494 e. The van der Waals surface area contributed by atoms with E-state index in [2.05, 4.69) is 36.8 Å². The summed E-state index contributed by atoms with van der Waals surface area (Å²) in [5.74, 6) is 0.580. The average molecular weight is 593 g/mol. The van der Waals surface area contributed by atoms with Crippen molar-refractivity contribution >= 4 is 27.7 Å². The molecule has 3 N–H and O–H groups in total. The molecule has 1 heterocycles. The number of amides is 1. The Morgan fingerprint density at radius 1 is 1.15 bits per heavy atom. The Labute approximate surface area is 234 Å². The lowest BCUT2D eigenvalue weighted by molar-refractivity contribution is -0.129. The zero-order valence-electron chi connectivity index (χ0n) is 21.4. The van der Waals surface area contributed by atoms with Crippen molar-refractivity contribution < 1.29 is 19.4 Å². The quantitative estimate of drug-likeness (QED) is 0.0913. The van der Waals surface area contributed by atoms with Gasteiger partial charge in [-0.15, -0.1) is 0 Å². The van der Waals surface area contributed by atoms with Crippen LogP contribution in [0.3, 0.4) is 0 Å². The summed E-state index contributed by atoms with van der Waals surface area (Å²) >= 11 is 3.61. The van der Waals surface area contributed by atoms with Crippen LogP contribution in [0.25, 0.3) is 10.4 Å². The highest BCUT2D eigenvalue weighted by Gasteiger charge is 2.54. The number of halogens is 1. The van der Waals surface area contributed by atoms with Crippen LogP contribution in [0.2, 0.25) is 0 Å². The van der Waals surface area contributed by atoms with Gasteiger partial charge in [0.25, 0.3) is 5.91 Å². The third-order valence-electron chi connectivity index (χ3n) is 6.33. The Morgan fingerprint density at radius 2 is 1.87 bits per heavy atom. The van der Waals surface area contributed by atoms with Gasteiger partial charge in [0.2, 0.25) is 5.90 Å². The molecule has 1 amide bonds. The van der Waals surface area contributed by atoms with Crippen LogP contribution in [0.15, 0.2) is 87.4 Å². The summed E-state index contributed by atoms with van der Waals surface area (Å²) in [6, 6.07) is 22.3. The maximum atomic E-state index is 13.9. The maximum absolute atomic E-state index is 13.9. The standard InChI is InChI=1S/C28H29BrN6O4/c1-31-34-27(37)28(17-20-7-3-5-10-24(20)29)25(23-9-4-2-8-21(23)18-32-35-30)39-26(33-28)19-11-13-22(14-12-19)38-16-6-15-36/h2-5,7-14,25,31,36H,6,15-18H2,1H3,(H,34,37)/t25-,28-/m0/s1. The second-order valence-electron chi connectivity index (χ2n) is 8.85. The molecule has 1 aliphatic rings. The molecule has 11 heteroatoms. The lowest BCUT2D eigenvalue weighted by atomic mass is 9.81. The van der Waals surface area contributed by atoms with E-state index in [-0.39, 0.29) is 25.5 Å². The number of ether oxygens (including phenoxy) is 2. The van der Waals surface area contributed by atoms with Crippen LogP contribution in [-0.2, 0) is 22.5 Å². The smallest absolute Gasteiger partial charge is 0.266 e. The van der Waals surface area contributed by atoms with Crippen LogP contribution in [0.1, 0.15) is 34.8 Å². The van der Waals surface area contributed by atoms with Gasteiger partial charge in [0, 0.05) is 41.4 Å². The van der Waals surface area contributed by atoms with Crippen molar-refractivity contribution in [3.8, 4) is 5.75 Å². The molecule has 10 nitrogen and oxygen atoms in total. The highest BCUT2D eigenvalue weighted by Crippen LogP contribution is 2.44. The molecule has 0 aliphatic carbocycles. The van der Waals surface area contributed by atoms with Gasteiger partial charge in [0.15, 0.2) is 11.6 Å². The number of benzene rings is 3. The number of rotatable bonds is 12. The molecule has 0 saturated carbocycles. The van der Waals surface area contributed by atoms with Gasteiger partial charge in [-0.3, -0.25) is 10.2 Å². The average Bonchev–Trinajstić information content (AvgIpc) is 3.34. The summed E-state index contributed by atoms with van der Waals surface area (Å²) in [5.41, 5.74) is 16.0. The Bertz CT molecular complexity index is 1380. The molecule has 2 atom stereocenters. The van der Waals surface area contributed by atoms with Crippen LogP contribution in [-0.4, -0.2) is 42.7 Å². The number of hydrogen-bond donors (Lipinski definition) is 3. The Kier molecular flexibility index (Phi) is 9.56. The fourth-order valence-electron chi connectivity index (χ4n) is 4.45. The van der Waals surface area contributed by atoms with Crippen molar-refractivity contribution in [2.24, 2.45) is 10.1 Å². The van der Waals surface area contributed by atoms with Gasteiger partial charge in [-0.25, -0.2) is 10.4 Å². The van der Waals surface area contributed by atoms with Crippen LogP contribution in [0, 0.1) is 0 Å². The third kappa shape index (κ3) is 6.40. The number of azide groups is 1. The van der Waals surface area contributed by atoms with Crippen LogP contribution in [0.4, 0.5) is 0 Å². The van der Waals surface area contributed by atoms with Crippen molar-refractivity contribution in [1.29, 1.82) is 0 Å². The molecule has 0 saturated heterocycles. The first kappa shape index (κ1) is 28.1. The minimum absolute atomic E-state index is 0.0551. The number of carbonyl (C=O) groups is 1. The molecular weight excluding hydrogens is 564 g/mol. The van der Waals surface area contributed by atoms with E-state index < -0.39 is 11.6 Å². The van der Waals surface area contributed by atoms with Gasteiger partial charge in [0.05, 0.1) is 13.2 Å². The number of aliphatic hydroxyl groups excluding tert-OH is 1. The molecular formula is C28H29BrN6O4. The maximum Gasteiger partial charge on any atom is 0.266 e. The molecule has 0 fully saturated rings. The van der Waals surface area contributed by atoms with E-state index in [0.29, 0.717) is 35.8 Å². The first-order valence-corrected chi connectivity index (χ1v) is 13.2. The summed E-state index contributed by atoms with van der Waals surface area (Å²) in [7, 11) is 1.62. The number of carbonyl (C=O) groups excluding carboxylic acids is 1. The van der Waals surface area contributed by atoms with Crippen molar-refractivity contribution in [2.75, 3.05) is 20.3 Å². The van der Waals surface area contributed by atoms with Crippen LogP contribution >= 0.6 is 15.9 Å². The van der Waals surface area contributed by atoms with Gasteiger partial charge < -0.3 is 14.6 Å². The summed E-state index contributed by atoms with van der Waals surface area (Å²) in [6.45, 7) is 0.552. The lowest BCUT2D eigenvalue weighted by Crippen LogP contribution is -2.53. The highest BCUT2D eigenvalue weighted by atomic mass is 79.9. The summed E-state index contributed by atoms with van der Waals surface area (Å²) in [4.78, 5) is 21.8. The van der Waals surface area contributed by atoms with Crippen molar-refractivity contribution in [3.05, 3.63) is 110 Å². The Balaban J connectivity index is 1.83. The molecule has 0 aromatic heterocycles. The van der Waals surface area contributed by atoms with Crippen LogP contribution < -0.4 is 15.6 Å². The van der Waals surface area contributed by atoms with Crippen molar-refractivity contribution in [1.82, 2.24) is 10.9 Å². The number of aliphatic imine (C=N–C) groups is 1. The van der Waals surface area contributed by atoms with E-state index in [1.807, 2.05) is 60.7 Å². The predicted molar refractivity (Wildman–Crippen MR) is 151 cm³/mol. The van der Waals surface area contributed by atoms with E-state index in [1.54, 1.807) is 19.2 Å². The fraction of sp³-hybridized carbons (Fsp3) is 0.286. The van der Waals surface area contributed by atoms with Gasteiger partial charge in [-0.2, -0.15) is 0 Å². The normalized spacial score (nSPS) is 18.0. The fourth-order valence-corrected chi connectivity index (χ4v) is 4.88. The molecule has 0 spiro atoms. The first-order chi connectivity index (χ1) is 19.0. The highest BCUT2D eigenvalue weighted by molar-refractivity contribution is 9.10. The van der Waals surface area contributed by atoms with Crippen LogP contribution in [0.5, 0.6) is 5.75 Å². The minimum atomic E-state index is -1.40. The summed E-state index contributed by atoms with van der Waals surface area (Å²) in [6.07, 6.45) is -0.0560. The molecule has 0 radical (unpaired) electrons. The van der Waals surface area contributed by atoms with Crippen molar-refractivity contribution in [2.45, 2.75) is 31.0 Å². The molecule has 4 rings (SSSR count). The summed E-state index contributed by atoms with van der Waals surface area (Å²) < 4.78 is 13.0. The lowest BCUT2D eigenvalue weighted by Gasteiger charge is -2.31. The molecule has 0 unspecified atom stereocenters. The number of aliphatic hydroxyl groups is 1. The van der Waals surface area contributed by atoms with Gasteiger partial charge in [0.1, 0.15) is 5.75 Å². The first-order valence-electron chi connectivity index (χ1n) is 12.4.